The molecule has 27 heavy (non-hydrogen) atoms. The quantitative estimate of drug-likeness (QED) is 0.750. The standard InChI is InChI=1S/C22H22FN3O/c1-15-4-9-21-20(13-15)19(10-11-24-21)22(27)26-12-2-3-18(14-26)25-17-7-5-16(23)6-8-17/h4-11,13,18,25H,2-3,12,14H2,1H3/t18-/m0/s1. The van der Waals surface area contributed by atoms with E-state index >= 15 is 0 Å². The maximum atomic E-state index is 13.2. The lowest BCUT2D eigenvalue weighted by Crippen LogP contribution is -2.45. The fourth-order valence-corrected chi connectivity index (χ4v) is 3.68. The number of halogens is 1. The molecule has 2 heterocycles. The number of fused-ring (bicyclic) bond motifs is 1. The molecule has 138 valence electrons. The average molecular weight is 363 g/mol. The number of pyridine rings is 1. The Hall–Kier alpha value is -2.95. The van der Waals surface area contributed by atoms with Gasteiger partial charge < -0.3 is 10.2 Å². The van der Waals surface area contributed by atoms with Crippen LogP contribution in [0, 0.1) is 12.7 Å². The molecule has 0 aliphatic carbocycles. The van der Waals surface area contributed by atoms with Crippen molar-refractivity contribution in [3.63, 3.8) is 0 Å². The van der Waals surface area contributed by atoms with Crippen molar-refractivity contribution in [2.75, 3.05) is 18.4 Å². The zero-order chi connectivity index (χ0) is 18.8. The number of hydrogen-bond donors (Lipinski definition) is 1. The number of likely N-dealkylation sites (tertiary alicyclic amines) is 1. The topological polar surface area (TPSA) is 45.2 Å². The van der Waals surface area contributed by atoms with Gasteiger partial charge in [-0.1, -0.05) is 11.6 Å². The molecule has 1 saturated heterocycles. The second kappa shape index (κ2) is 7.35. The van der Waals surface area contributed by atoms with Gasteiger partial charge in [-0.15, -0.1) is 0 Å². The minimum absolute atomic E-state index is 0.0404. The largest absolute Gasteiger partial charge is 0.381 e. The van der Waals surface area contributed by atoms with E-state index in [0.29, 0.717) is 12.1 Å². The van der Waals surface area contributed by atoms with E-state index in [0.717, 1.165) is 41.5 Å². The summed E-state index contributed by atoms with van der Waals surface area (Å²) in [5, 5.41) is 4.32. The van der Waals surface area contributed by atoms with Crippen molar-refractivity contribution in [2.24, 2.45) is 0 Å². The highest BCUT2D eigenvalue weighted by Crippen LogP contribution is 2.23. The number of benzene rings is 2. The smallest absolute Gasteiger partial charge is 0.254 e. The number of carbonyl (C=O) groups excluding carboxylic acids is 1. The number of aromatic nitrogens is 1. The van der Waals surface area contributed by atoms with Gasteiger partial charge in [0.2, 0.25) is 0 Å². The monoisotopic (exact) mass is 363 g/mol. The highest BCUT2D eigenvalue weighted by molar-refractivity contribution is 6.06. The first-order valence-corrected chi connectivity index (χ1v) is 9.27. The van der Waals surface area contributed by atoms with Crippen LogP contribution < -0.4 is 5.32 Å². The molecule has 1 aliphatic rings. The Labute approximate surface area is 158 Å². The summed E-state index contributed by atoms with van der Waals surface area (Å²) in [4.78, 5) is 19.5. The number of aryl methyl sites for hydroxylation is 1. The normalized spacial score (nSPS) is 17.1. The minimum Gasteiger partial charge on any atom is -0.381 e. The molecular weight excluding hydrogens is 341 g/mol. The lowest BCUT2D eigenvalue weighted by atomic mass is 10.0. The predicted octanol–water partition coefficient (Wildman–Crippen LogP) is 4.40. The third-order valence-corrected chi connectivity index (χ3v) is 5.05. The molecule has 1 amide bonds. The molecule has 0 bridgehead atoms. The zero-order valence-electron chi connectivity index (χ0n) is 15.3. The number of anilines is 1. The third kappa shape index (κ3) is 3.77. The number of piperidine rings is 1. The fraction of sp³-hybridized carbons (Fsp3) is 0.273. The van der Waals surface area contributed by atoms with Crippen molar-refractivity contribution in [3.05, 3.63) is 71.7 Å². The Kier molecular flexibility index (Phi) is 4.75. The highest BCUT2D eigenvalue weighted by atomic mass is 19.1. The number of rotatable bonds is 3. The maximum Gasteiger partial charge on any atom is 0.254 e. The van der Waals surface area contributed by atoms with Crippen LogP contribution in [0.25, 0.3) is 10.9 Å². The van der Waals surface area contributed by atoms with Crippen LogP contribution in [-0.2, 0) is 0 Å². The molecule has 1 aromatic heterocycles. The lowest BCUT2D eigenvalue weighted by molar-refractivity contribution is 0.0717. The van der Waals surface area contributed by atoms with Crippen molar-refractivity contribution in [1.82, 2.24) is 9.88 Å². The van der Waals surface area contributed by atoms with E-state index in [1.54, 1.807) is 24.4 Å². The summed E-state index contributed by atoms with van der Waals surface area (Å²) in [7, 11) is 0. The number of hydrogen-bond acceptors (Lipinski definition) is 3. The molecule has 2 aromatic carbocycles. The van der Waals surface area contributed by atoms with Crippen molar-refractivity contribution < 1.29 is 9.18 Å². The first-order chi connectivity index (χ1) is 13.1. The van der Waals surface area contributed by atoms with Crippen LogP contribution >= 0.6 is 0 Å². The lowest BCUT2D eigenvalue weighted by Gasteiger charge is -2.34. The summed E-state index contributed by atoms with van der Waals surface area (Å²) in [6.07, 6.45) is 3.62. The van der Waals surface area contributed by atoms with Gasteiger partial charge in [0.15, 0.2) is 0 Å². The van der Waals surface area contributed by atoms with E-state index in [-0.39, 0.29) is 17.8 Å². The summed E-state index contributed by atoms with van der Waals surface area (Å²) in [5.74, 6) is -0.209. The van der Waals surface area contributed by atoms with E-state index in [4.69, 9.17) is 0 Å². The molecule has 0 saturated carbocycles. The molecule has 0 spiro atoms. The highest BCUT2D eigenvalue weighted by Gasteiger charge is 2.25. The van der Waals surface area contributed by atoms with E-state index in [1.807, 2.05) is 30.0 Å². The molecule has 1 fully saturated rings. The van der Waals surface area contributed by atoms with Crippen LogP contribution in [0.15, 0.2) is 54.7 Å². The average Bonchev–Trinajstić information content (AvgIpc) is 2.69. The number of amides is 1. The summed E-state index contributed by atoms with van der Waals surface area (Å²) in [6.45, 7) is 3.39. The molecule has 5 heteroatoms. The molecule has 1 atom stereocenters. The Balaban J connectivity index is 1.53. The van der Waals surface area contributed by atoms with Crippen molar-refractivity contribution in [2.45, 2.75) is 25.8 Å². The Bertz CT molecular complexity index is 971. The molecule has 0 radical (unpaired) electrons. The molecule has 1 aliphatic heterocycles. The molecule has 1 N–H and O–H groups in total. The first kappa shape index (κ1) is 17.5. The number of nitrogens with one attached hydrogen (secondary N) is 1. The van der Waals surface area contributed by atoms with Crippen LogP contribution in [0.5, 0.6) is 0 Å². The minimum atomic E-state index is -0.249. The van der Waals surface area contributed by atoms with Crippen molar-refractivity contribution in [3.8, 4) is 0 Å². The molecular formula is C22H22FN3O. The van der Waals surface area contributed by atoms with Crippen molar-refractivity contribution in [1.29, 1.82) is 0 Å². The second-order valence-corrected chi connectivity index (χ2v) is 7.12. The number of carbonyl (C=O) groups is 1. The van der Waals surface area contributed by atoms with Crippen LogP contribution in [0.4, 0.5) is 10.1 Å². The van der Waals surface area contributed by atoms with Crippen LogP contribution in [0.1, 0.15) is 28.8 Å². The van der Waals surface area contributed by atoms with Gasteiger partial charge in [-0.3, -0.25) is 9.78 Å². The predicted molar refractivity (Wildman–Crippen MR) is 105 cm³/mol. The van der Waals surface area contributed by atoms with Gasteiger partial charge in [-0.2, -0.15) is 0 Å². The first-order valence-electron chi connectivity index (χ1n) is 9.27. The molecule has 4 rings (SSSR count). The Morgan fingerprint density at radius 2 is 2.00 bits per heavy atom. The van der Waals surface area contributed by atoms with Gasteiger partial charge in [0.1, 0.15) is 5.82 Å². The summed E-state index contributed by atoms with van der Waals surface area (Å²) < 4.78 is 13.1. The molecule has 0 unspecified atom stereocenters. The van der Waals surface area contributed by atoms with Gasteiger partial charge in [0.05, 0.1) is 11.1 Å². The third-order valence-electron chi connectivity index (χ3n) is 5.05. The zero-order valence-corrected chi connectivity index (χ0v) is 15.3. The Morgan fingerprint density at radius 1 is 1.19 bits per heavy atom. The van der Waals surface area contributed by atoms with Gasteiger partial charge in [-0.05, 0) is 62.2 Å². The maximum absolute atomic E-state index is 13.2. The van der Waals surface area contributed by atoms with E-state index in [9.17, 15) is 9.18 Å². The van der Waals surface area contributed by atoms with Crippen molar-refractivity contribution >= 4 is 22.5 Å². The molecule has 3 aromatic rings. The SMILES string of the molecule is Cc1ccc2nccc(C(=O)N3CCC[C@H](Nc4ccc(F)cc4)C3)c2c1. The summed E-state index contributed by atoms with van der Waals surface area (Å²) in [5.41, 5.74) is 3.52. The van der Waals surface area contributed by atoms with Crippen LogP contribution in [0.3, 0.4) is 0 Å². The van der Waals surface area contributed by atoms with E-state index in [1.165, 1.54) is 12.1 Å². The van der Waals surface area contributed by atoms with E-state index in [2.05, 4.69) is 10.3 Å². The summed E-state index contributed by atoms with van der Waals surface area (Å²) in [6, 6.07) is 14.3. The number of nitrogens with zero attached hydrogens (tertiary/aromatic N) is 2. The van der Waals surface area contributed by atoms with Gasteiger partial charge >= 0.3 is 0 Å². The fourth-order valence-electron chi connectivity index (χ4n) is 3.68. The van der Waals surface area contributed by atoms with Crippen LogP contribution in [-0.4, -0.2) is 34.9 Å². The van der Waals surface area contributed by atoms with Gasteiger partial charge in [-0.25, -0.2) is 4.39 Å². The van der Waals surface area contributed by atoms with Crippen LogP contribution in [0.2, 0.25) is 0 Å². The molecule has 4 nitrogen and oxygen atoms in total. The second-order valence-electron chi connectivity index (χ2n) is 7.12. The summed E-state index contributed by atoms with van der Waals surface area (Å²) >= 11 is 0. The van der Waals surface area contributed by atoms with E-state index < -0.39 is 0 Å². The Morgan fingerprint density at radius 3 is 2.81 bits per heavy atom. The van der Waals surface area contributed by atoms with Gasteiger partial charge in [0.25, 0.3) is 5.91 Å². The van der Waals surface area contributed by atoms with Gasteiger partial charge in [0, 0.05) is 36.4 Å².